The van der Waals surface area contributed by atoms with Gasteiger partial charge < -0.3 is 24.3 Å². The number of nitrogens with one attached hydrogen (secondary N) is 1. The number of rotatable bonds is 4. The van der Waals surface area contributed by atoms with Gasteiger partial charge in [0.05, 0.1) is 25.9 Å². The zero-order chi connectivity index (χ0) is 16.4. The van der Waals surface area contributed by atoms with E-state index in [0.29, 0.717) is 16.7 Å². The van der Waals surface area contributed by atoms with Crippen molar-refractivity contribution in [3.8, 4) is 17.2 Å². The Morgan fingerprint density at radius 2 is 1.78 bits per heavy atom. The number of carbonyl (C=O) groups excluding carboxylic acids is 1. The third-order valence-corrected chi connectivity index (χ3v) is 3.46. The highest BCUT2D eigenvalue weighted by Gasteiger charge is 2.27. The summed E-state index contributed by atoms with van der Waals surface area (Å²) in [6.45, 7) is 0. The van der Waals surface area contributed by atoms with E-state index in [4.69, 9.17) is 13.9 Å². The van der Waals surface area contributed by atoms with Crippen LogP contribution >= 0.6 is 0 Å². The second-order valence-electron chi connectivity index (χ2n) is 4.77. The first kappa shape index (κ1) is 14.8. The van der Waals surface area contributed by atoms with Gasteiger partial charge in [-0.25, -0.2) is 0 Å². The molecule has 0 unspecified atom stereocenters. The Kier molecular flexibility index (Phi) is 3.80. The summed E-state index contributed by atoms with van der Waals surface area (Å²) in [6, 6.07) is 10.6. The molecule has 118 valence electrons. The van der Waals surface area contributed by atoms with Gasteiger partial charge in [0.2, 0.25) is 5.75 Å². The fraction of sp³-hybridized carbons (Fsp3) is 0.118. The van der Waals surface area contributed by atoms with Crippen molar-refractivity contribution in [3.63, 3.8) is 0 Å². The van der Waals surface area contributed by atoms with Crippen molar-refractivity contribution in [1.82, 2.24) is 0 Å². The molecule has 0 aliphatic carbocycles. The number of methoxy groups -OCH3 is 2. The molecule has 0 saturated carbocycles. The SMILES string of the molecule is COc1c(C(=O)Nc2ccccc2)c(O)c(OC)c2occc12. The number of hydrogen-bond donors (Lipinski definition) is 2. The Labute approximate surface area is 132 Å². The molecular formula is C17H15NO5. The van der Waals surface area contributed by atoms with E-state index < -0.39 is 5.91 Å². The van der Waals surface area contributed by atoms with Crippen LogP contribution in [0.25, 0.3) is 11.0 Å². The summed E-state index contributed by atoms with van der Waals surface area (Å²) in [6.07, 6.45) is 1.44. The van der Waals surface area contributed by atoms with Gasteiger partial charge in [-0.15, -0.1) is 0 Å². The van der Waals surface area contributed by atoms with Crippen LogP contribution < -0.4 is 14.8 Å². The topological polar surface area (TPSA) is 80.9 Å². The molecule has 0 fully saturated rings. The van der Waals surface area contributed by atoms with E-state index in [0.717, 1.165) is 0 Å². The zero-order valence-electron chi connectivity index (χ0n) is 12.6. The van der Waals surface area contributed by atoms with E-state index in [2.05, 4.69) is 5.32 Å². The summed E-state index contributed by atoms with van der Waals surface area (Å²) in [4.78, 5) is 12.6. The summed E-state index contributed by atoms with van der Waals surface area (Å²) < 4.78 is 15.8. The minimum absolute atomic E-state index is 0.0119. The molecule has 3 rings (SSSR count). The molecule has 2 N–H and O–H groups in total. The lowest BCUT2D eigenvalue weighted by atomic mass is 10.1. The number of amides is 1. The Morgan fingerprint density at radius 3 is 2.43 bits per heavy atom. The largest absolute Gasteiger partial charge is 0.504 e. The van der Waals surface area contributed by atoms with Crippen LogP contribution in [-0.2, 0) is 0 Å². The monoisotopic (exact) mass is 313 g/mol. The lowest BCUT2D eigenvalue weighted by molar-refractivity contribution is 0.102. The molecule has 1 amide bonds. The second-order valence-corrected chi connectivity index (χ2v) is 4.77. The summed E-state index contributed by atoms with van der Waals surface area (Å²) >= 11 is 0. The van der Waals surface area contributed by atoms with Crippen molar-refractivity contribution >= 4 is 22.6 Å². The Bertz CT molecular complexity index is 854. The maximum Gasteiger partial charge on any atom is 0.263 e. The molecule has 23 heavy (non-hydrogen) atoms. The molecule has 0 saturated heterocycles. The quantitative estimate of drug-likeness (QED) is 0.771. The molecule has 6 heteroatoms. The summed E-state index contributed by atoms with van der Waals surface area (Å²) in [7, 11) is 2.81. The summed E-state index contributed by atoms with van der Waals surface area (Å²) in [5, 5.41) is 13.7. The van der Waals surface area contributed by atoms with Crippen molar-refractivity contribution in [2.45, 2.75) is 0 Å². The number of hydrogen-bond acceptors (Lipinski definition) is 5. The zero-order valence-corrected chi connectivity index (χ0v) is 12.6. The first-order valence-electron chi connectivity index (χ1n) is 6.87. The highest BCUT2D eigenvalue weighted by molar-refractivity contribution is 6.13. The van der Waals surface area contributed by atoms with Gasteiger partial charge in [-0.05, 0) is 18.2 Å². The molecule has 0 atom stereocenters. The average molecular weight is 313 g/mol. The van der Waals surface area contributed by atoms with Crippen LogP contribution in [0.5, 0.6) is 17.2 Å². The predicted molar refractivity (Wildman–Crippen MR) is 85.4 cm³/mol. The van der Waals surface area contributed by atoms with E-state index in [9.17, 15) is 9.90 Å². The van der Waals surface area contributed by atoms with Crippen LogP contribution in [0.3, 0.4) is 0 Å². The lowest BCUT2D eigenvalue weighted by Gasteiger charge is -2.14. The molecule has 1 aromatic heterocycles. The minimum atomic E-state index is -0.507. The van der Waals surface area contributed by atoms with Crippen LogP contribution in [0.1, 0.15) is 10.4 Å². The molecule has 2 aromatic carbocycles. The summed E-state index contributed by atoms with van der Waals surface area (Å²) in [5.41, 5.74) is 0.908. The number of ether oxygens (including phenoxy) is 2. The van der Waals surface area contributed by atoms with Crippen molar-refractivity contribution < 1.29 is 23.8 Å². The van der Waals surface area contributed by atoms with Crippen LogP contribution in [0.15, 0.2) is 47.1 Å². The van der Waals surface area contributed by atoms with Crippen molar-refractivity contribution in [2.24, 2.45) is 0 Å². The third kappa shape index (κ3) is 2.44. The molecule has 6 nitrogen and oxygen atoms in total. The predicted octanol–water partition coefficient (Wildman–Crippen LogP) is 3.41. The molecule has 0 spiro atoms. The standard InChI is InChI=1S/C17H15NO5/c1-21-14-11-8-9-23-15(11)16(22-2)13(19)12(14)17(20)18-10-6-4-3-5-7-10/h3-9,19H,1-2H3,(H,18,20). The van der Waals surface area contributed by atoms with Crippen molar-refractivity contribution in [1.29, 1.82) is 0 Å². The molecule has 1 heterocycles. The van der Waals surface area contributed by atoms with Gasteiger partial charge >= 0.3 is 0 Å². The van der Waals surface area contributed by atoms with Crippen LogP contribution in [0.2, 0.25) is 0 Å². The Balaban J connectivity index is 2.15. The minimum Gasteiger partial charge on any atom is -0.504 e. The fourth-order valence-electron chi connectivity index (χ4n) is 2.45. The van der Waals surface area contributed by atoms with Gasteiger partial charge in [0.1, 0.15) is 11.3 Å². The van der Waals surface area contributed by atoms with E-state index in [1.54, 1.807) is 30.3 Å². The van der Waals surface area contributed by atoms with E-state index in [1.165, 1.54) is 20.5 Å². The Hall–Kier alpha value is -3.15. The third-order valence-electron chi connectivity index (χ3n) is 3.46. The van der Waals surface area contributed by atoms with E-state index in [1.807, 2.05) is 6.07 Å². The molecule has 3 aromatic rings. The number of fused-ring (bicyclic) bond motifs is 1. The molecular weight excluding hydrogens is 298 g/mol. The normalized spacial score (nSPS) is 10.5. The van der Waals surface area contributed by atoms with Gasteiger partial charge in [0, 0.05) is 5.69 Å². The maximum absolute atomic E-state index is 12.6. The van der Waals surface area contributed by atoms with Gasteiger partial charge in [0.25, 0.3) is 5.91 Å². The number of aromatic hydroxyl groups is 1. The number of para-hydroxylation sites is 1. The lowest BCUT2D eigenvalue weighted by Crippen LogP contribution is -2.14. The number of phenols is 1. The average Bonchev–Trinajstić information content (AvgIpc) is 3.03. The van der Waals surface area contributed by atoms with Crippen LogP contribution in [-0.4, -0.2) is 25.2 Å². The highest BCUT2D eigenvalue weighted by Crippen LogP contribution is 2.45. The number of benzene rings is 2. The summed E-state index contributed by atoms with van der Waals surface area (Å²) in [5.74, 6) is -0.531. The first-order chi connectivity index (χ1) is 11.2. The van der Waals surface area contributed by atoms with Crippen molar-refractivity contribution in [3.05, 3.63) is 48.2 Å². The van der Waals surface area contributed by atoms with Gasteiger partial charge in [0.15, 0.2) is 11.3 Å². The number of phenolic OH excluding ortho intramolecular Hbond substituents is 1. The Morgan fingerprint density at radius 1 is 1.09 bits per heavy atom. The van der Waals surface area contributed by atoms with Crippen LogP contribution in [0.4, 0.5) is 5.69 Å². The molecule has 0 aliphatic heterocycles. The van der Waals surface area contributed by atoms with E-state index >= 15 is 0 Å². The van der Waals surface area contributed by atoms with Crippen molar-refractivity contribution in [2.75, 3.05) is 19.5 Å². The van der Waals surface area contributed by atoms with Gasteiger partial charge in [-0.1, -0.05) is 18.2 Å². The van der Waals surface area contributed by atoms with Crippen LogP contribution in [0, 0.1) is 0 Å². The maximum atomic E-state index is 12.6. The number of furan rings is 1. The fourth-order valence-corrected chi connectivity index (χ4v) is 2.45. The van der Waals surface area contributed by atoms with Gasteiger partial charge in [-0.2, -0.15) is 0 Å². The van der Waals surface area contributed by atoms with Gasteiger partial charge in [-0.3, -0.25) is 4.79 Å². The molecule has 0 radical (unpaired) electrons. The number of carbonyl (C=O) groups is 1. The van der Waals surface area contributed by atoms with E-state index in [-0.39, 0.29) is 22.8 Å². The smallest absolute Gasteiger partial charge is 0.263 e. The molecule has 0 bridgehead atoms. The first-order valence-corrected chi connectivity index (χ1v) is 6.87. The second kappa shape index (κ2) is 5.92. The highest BCUT2D eigenvalue weighted by atomic mass is 16.5. The number of anilines is 1. The molecule has 0 aliphatic rings.